The molecule has 2 aromatic heterocycles. The molecule has 1 amide bonds. The Kier molecular flexibility index (Phi) is 6.27. The Morgan fingerprint density at radius 2 is 2.13 bits per heavy atom. The molecule has 0 aliphatic carbocycles. The molecule has 160 valence electrons. The van der Waals surface area contributed by atoms with Gasteiger partial charge in [-0.05, 0) is 43.2 Å². The van der Waals surface area contributed by atoms with Gasteiger partial charge in [-0.1, -0.05) is 19.9 Å². The Hall–Kier alpha value is -3.26. The number of thiazole rings is 1. The fraction of sp³-hybridized carbons (Fsp3) is 0.304. The summed E-state index contributed by atoms with van der Waals surface area (Å²) in [4.78, 5) is 35.9. The predicted molar refractivity (Wildman–Crippen MR) is 119 cm³/mol. The molecular weight excluding hydrogens is 414 g/mol. The van der Waals surface area contributed by atoms with E-state index in [-0.39, 0.29) is 12.5 Å². The standard InChI is InChI=1S/C23H23N3O4S/c1-3-11-29-23(28)18(4-2)26-19-12-15(8-9-20(19)30-13-21(26)27)17-14-31-22(25-17)16-7-5-6-10-24-16/h5-10,12,14,18H,3-4,11,13H2,1-2H3. The molecule has 1 aliphatic rings. The van der Waals surface area contributed by atoms with Gasteiger partial charge in [0.2, 0.25) is 0 Å². The number of hydrogen-bond acceptors (Lipinski definition) is 7. The van der Waals surface area contributed by atoms with Crippen molar-refractivity contribution in [3.05, 3.63) is 48.0 Å². The van der Waals surface area contributed by atoms with Crippen molar-refractivity contribution in [3.8, 4) is 27.7 Å². The van der Waals surface area contributed by atoms with Crippen molar-refractivity contribution in [1.29, 1.82) is 0 Å². The molecule has 3 heterocycles. The second-order valence-electron chi connectivity index (χ2n) is 7.08. The quantitative estimate of drug-likeness (QED) is 0.512. The van der Waals surface area contributed by atoms with Crippen LogP contribution in [-0.2, 0) is 14.3 Å². The summed E-state index contributed by atoms with van der Waals surface area (Å²) in [7, 11) is 0. The first-order valence-corrected chi connectivity index (χ1v) is 11.1. The summed E-state index contributed by atoms with van der Waals surface area (Å²) in [6, 6.07) is 10.6. The molecule has 1 atom stereocenters. The van der Waals surface area contributed by atoms with Gasteiger partial charge in [-0.15, -0.1) is 11.3 Å². The molecule has 0 N–H and O–H groups in total. The van der Waals surface area contributed by atoms with Crippen LogP contribution in [0.4, 0.5) is 5.69 Å². The largest absolute Gasteiger partial charge is 0.482 e. The van der Waals surface area contributed by atoms with E-state index in [2.05, 4.69) is 4.98 Å². The number of carbonyl (C=O) groups is 2. The fourth-order valence-corrected chi connectivity index (χ4v) is 4.24. The molecule has 0 spiro atoms. The van der Waals surface area contributed by atoms with E-state index < -0.39 is 12.0 Å². The van der Waals surface area contributed by atoms with Crippen molar-refractivity contribution >= 4 is 28.9 Å². The normalized spacial score (nSPS) is 14.0. The van der Waals surface area contributed by atoms with Gasteiger partial charge in [0.05, 0.1) is 23.7 Å². The summed E-state index contributed by atoms with van der Waals surface area (Å²) in [5.41, 5.74) is 2.97. The number of pyridine rings is 1. The molecule has 1 aliphatic heterocycles. The second kappa shape index (κ2) is 9.26. The van der Waals surface area contributed by atoms with Gasteiger partial charge >= 0.3 is 5.97 Å². The van der Waals surface area contributed by atoms with Crippen molar-refractivity contribution in [3.63, 3.8) is 0 Å². The highest BCUT2D eigenvalue weighted by Gasteiger charge is 2.36. The fourth-order valence-electron chi connectivity index (χ4n) is 3.44. The van der Waals surface area contributed by atoms with Crippen LogP contribution < -0.4 is 9.64 Å². The van der Waals surface area contributed by atoms with Crippen molar-refractivity contribution < 1.29 is 19.1 Å². The van der Waals surface area contributed by atoms with Crippen LogP contribution in [0.25, 0.3) is 22.0 Å². The van der Waals surface area contributed by atoms with Gasteiger partial charge in [0, 0.05) is 17.1 Å². The highest BCUT2D eigenvalue weighted by Crippen LogP contribution is 2.38. The lowest BCUT2D eigenvalue weighted by Gasteiger charge is -2.34. The van der Waals surface area contributed by atoms with Gasteiger partial charge in [-0.3, -0.25) is 14.7 Å². The van der Waals surface area contributed by atoms with E-state index in [0.717, 1.165) is 28.4 Å². The lowest BCUT2D eigenvalue weighted by Crippen LogP contribution is -2.49. The maximum absolute atomic E-state index is 12.7. The van der Waals surface area contributed by atoms with E-state index >= 15 is 0 Å². The zero-order valence-corrected chi connectivity index (χ0v) is 18.2. The average molecular weight is 438 g/mol. The zero-order chi connectivity index (χ0) is 21.8. The number of ether oxygens (including phenoxy) is 2. The number of carbonyl (C=O) groups excluding carboxylic acids is 2. The number of benzene rings is 1. The van der Waals surface area contributed by atoms with E-state index in [4.69, 9.17) is 14.5 Å². The van der Waals surface area contributed by atoms with Crippen molar-refractivity contribution in [2.24, 2.45) is 0 Å². The molecule has 4 rings (SSSR count). The molecule has 3 aromatic rings. The Morgan fingerprint density at radius 3 is 2.87 bits per heavy atom. The molecule has 0 saturated heterocycles. The van der Waals surface area contributed by atoms with Gasteiger partial charge < -0.3 is 9.47 Å². The van der Waals surface area contributed by atoms with Crippen LogP contribution >= 0.6 is 11.3 Å². The smallest absolute Gasteiger partial charge is 0.329 e. The van der Waals surface area contributed by atoms with E-state index in [0.29, 0.717) is 24.5 Å². The molecular formula is C23H23N3O4S. The maximum Gasteiger partial charge on any atom is 0.329 e. The van der Waals surface area contributed by atoms with Gasteiger partial charge in [0.25, 0.3) is 5.91 Å². The Balaban J connectivity index is 1.68. The van der Waals surface area contributed by atoms with Gasteiger partial charge in [0.1, 0.15) is 16.8 Å². The summed E-state index contributed by atoms with van der Waals surface area (Å²) in [5, 5.41) is 2.76. The monoisotopic (exact) mass is 437 g/mol. The first-order chi connectivity index (χ1) is 15.1. The minimum atomic E-state index is -0.698. The SMILES string of the molecule is CCCOC(=O)C(CC)N1C(=O)COc2ccc(-c3csc(-c4ccccn4)n3)cc21. The number of amides is 1. The Labute approximate surface area is 184 Å². The van der Waals surface area contributed by atoms with Crippen molar-refractivity contribution in [1.82, 2.24) is 9.97 Å². The third kappa shape index (κ3) is 4.29. The first kappa shape index (κ1) is 21.0. The number of aromatic nitrogens is 2. The van der Waals surface area contributed by atoms with Crippen LogP contribution in [-0.4, -0.2) is 41.1 Å². The zero-order valence-electron chi connectivity index (χ0n) is 17.4. The molecule has 1 aromatic carbocycles. The first-order valence-electron chi connectivity index (χ1n) is 10.2. The number of rotatable bonds is 7. The highest BCUT2D eigenvalue weighted by atomic mass is 32.1. The maximum atomic E-state index is 12.7. The number of esters is 1. The summed E-state index contributed by atoms with van der Waals surface area (Å²) in [6.07, 6.45) is 2.90. The minimum Gasteiger partial charge on any atom is -0.482 e. The number of anilines is 1. The predicted octanol–water partition coefficient (Wildman–Crippen LogP) is 4.33. The average Bonchev–Trinajstić information content (AvgIpc) is 3.30. The molecule has 8 heteroatoms. The summed E-state index contributed by atoms with van der Waals surface area (Å²) in [5.74, 6) is -0.107. The van der Waals surface area contributed by atoms with Crippen LogP contribution in [0, 0.1) is 0 Å². The molecule has 0 bridgehead atoms. The lowest BCUT2D eigenvalue weighted by molar-refractivity contribution is -0.146. The third-order valence-corrected chi connectivity index (χ3v) is 5.81. The second-order valence-corrected chi connectivity index (χ2v) is 7.94. The number of fused-ring (bicyclic) bond motifs is 1. The Morgan fingerprint density at radius 1 is 1.26 bits per heavy atom. The van der Waals surface area contributed by atoms with E-state index in [1.54, 1.807) is 6.20 Å². The van der Waals surface area contributed by atoms with Crippen LogP contribution in [0.2, 0.25) is 0 Å². The number of hydrogen-bond donors (Lipinski definition) is 0. The van der Waals surface area contributed by atoms with Gasteiger partial charge in [-0.25, -0.2) is 9.78 Å². The van der Waals surface area contributed by atoms with Gasteiger partial charge in [0.15, 0.2) is 6.61 Å². The summed E-state index contributed by atoms with van der Waals surface area (Å²) < 4.78 is 11.0. The molecule has 0 radical (unpaired) electrons. The molecule has 0 saturated carbocycles. The highest BCUT2D eigenvalue weighted by molar-refractivity contribution is 7.13. The molecule has 0 fully saturated rings. The van der Waals surface area contributed by atoms with E-state index in [9.17, 15) is 9.59 Å². The van der Waals surface area contributed by atoms with Gasteiger partial charge in [-0.2, -0.15) is 0 Å². The number of nitrogens with zero attached hydrogens (tertiary/aromatic N) is 3. The van der Waals surface area contributed by atoms with Crippen LogP contribution in [0.1, 0.15) is 26.7 Å². The van der Waals surface area contributed by atoms with E-state index in [1.165, 1.54) is 16.2 Å². The third-order valence-electron chi connectivity index (χ3n) is 4.94. The lowest BCUT2D eigenvalue weighted by atomic mass is 10.1. The van der Waals surface area contributed by atoms with Crippen LogP contribution in [0.3, 0.4) is 0 Å². The summed E-state index contributed by atoms with van der Waals surface area (Å²) in [6.45, 7) is 4.02. The molecule has 7 nitrogen and oxygen atoms in total. The van der Waals surface area contributed by atoms with Crippen molar-refractivity contribution in [2.45, 2.75) is 32.7 Å². The van der Waals surface area contributed by atoms with Crippen LogP contribution in [0.5, 0.6) is 5.75 Å². The topological polar surface area (TPSA) is 81.6 Å². The summed E-state index contributed by atoms with van der Waals surface area (Å²) >= 11 is 1.50. The molecule has 1 unspecified atom stereocenters. The minimum absolute atomic E-state index is 0.107. The van der Waals surface area contributed by atoms with E-state index in [1.807, 2.05) is 55.6 Å². The van der Waals surface area contributed by atoms with Crippen molar-refractivity contribution in [2.75, 3.05) is 18.1 Å². The molecule has 31 heavy (non-hydrogen) atoms. The van der Waals surface area contributed by atoms with Crippen LogP contribution in [0.15, 0.2) is 48.0 Å². The Bertz CT molecular complexity index is 1080.